The van der Waals surface area contributed by atoms with E-state index in [9.17, 15) is 21.0 Å². The fourth-order valence-corrected chi connectivity index (χ4v) is 5.21. The summed E-state index contributed by atoms with van der Waals surface area (Å²) in [7, 11) is 0. The van der Waals surface area contributed by atoms with Gasteiger partial charge >= 0.3 is 0 Å². The van der Waals surface area contributed by atoms with Gasteiger partial charge in [-0.2, -0.15) is 10.5 Å². The summed E-state index contributed by atoms with van der Waals surface area (Å²) < 4.78 is 0. The Balaban J connectivity index is 1.76. The molecule has 0 atom stereocenters. The van der Waals surface area contributed by atoms with E-state index < -0.39 is 0 Å². The Morgan fingerprint density at radius 1 is 0.571 bits per heavy atom. The van der Waals surface area contributed by atoms with Crippen molar-refractivity contribution < 1.29 is 0 Å². The third-order valence-electron chi connectivity index (χ3n) is 6.93. The second-order valence-electron chi connectivity index (χ2n) is 8.88. The maximum Gasteiger partial charge on any atom is 0.270 e. The standard InChI is InChI=1S/C34H10N8/c1-39-22-10-12-23-25(14-22)27(16-36)30(32(23)28(17-37)40-2)20-6-8-21(9-7-20)31-33(29(18-38)41-3)24-11-5-19(15-35)13-26(24)34(31)42-4/h5-14H/b32-28+,33-29-. The van der Waals surface area contributed by atoms with E-state index in [1.54, 1.807) is 60.7 Å². The minimum atomic E-state index is -0.199. The molecule has 3 aromatic carbocycles. The fourth-order valence-electron chi connectivity index (χ4n) is 5.21. The average Bonchev–Trinajstić information content (AvgIpc) is 3.54. The lowest BCUT2D eigenvalue weighted by Gasteiger charge is -2.12. The Hall–Kier alpha value is -7.46. The lowest BCUT2D eigenvalue weighted by molar-refractivity contribution is 1.46. The molecule has 0 saturated heterocycles. The predicted octanol–water partition coefficient (Wildman–Crippen LogP) is 7.67. The van der Waals surface area contributed by atoms with E-state index in [0.717, 1.165) is 0 Å². The molecule has 5 rings (SSSR count). The van der Waals surface area contributed by atoms with E-state index in [1.165, 1.54) is 0 Å². The summed E-state index contributed by atoms with van der Waals surface area (Å²) in [6.45, 7) is 30.4. The first-order valence-electron chi connectivity index (χ1n) is 12.0. The molecule has 0 N–H and O–H groups in total. The maximum absolute atomic E-state index is 10.1. The Bertz CT molecular complexity index is 2060. The second-order valence-corrected chi connectivity index (χ2v) is 8.88. The lowest BCUT2D eigenvalue weighted by atomic mass is 9.91. The van der Waals surface area contributed by atoms with Crippen molar-refractivity contribution in [2.75, 3.05) is 0 Å². The van der Waals surface area contributed by atoms with Crippen molar-refractivity contribution in [1.82, 2.24) is 0 Å². The summed E-state index contributed by atoms with van der Waals surface area (Å²) >= 11 is 0. The molecule has 0 aromatic heterocycles. The third kappa shape index (κ3) is 3.78. The summed E-state index contributed by atoms with van der Waals surface area (Å²) in [6, 6.07) is 24.3. The van der Waals surface area contributed by atoms with Crippen LogP contribution in [0.15, 0.2) is 72.1 Å². The molecule has 2 aliphatic rings. The van der Waals surface area contributed by atoms with Crippen LogP contribution in [-0.4, -0.2) is 0 Å². The Morgan fingerprint density at radius 2 is 1.14 bits per heavy atom. The van der Waals surface area contributed by atoms with Crippen molar-refractivity contribution in [3.05, 3.63) is 157 Å². The first kappa shape index (κ1) is 26.2. The van der Waals surface area contributed by atoms with Crippen LogP contribution in [0.4, 0.5) is 5.69 Å². The van der Waals surface area contributed by atoms with Gasteiger partial charge in [-0.1, -0.05) is 42.5 Å². The SMILES string of the molecule is [C-]#[N+]C1=C(c2ccc(C3=C(C#N)c4cc([N+]#[C-])ccc4/C3=C(/C#N)[N+]#[C-])cc2)/C(=C(/C#N)[N+]#[C-])c2ccc(C#N)cc21. The predicted molar refractivity (Wildman–Crippen MR) is 154 cm³/mol. The number of nitrogens with zero attached hydrogens (tertiary/aromatic N) is 8. The molecule has 0 radical (unpaired) electrons. The highest BCUT2D eigenvalue weighted by Gasteiger charge is 2.33. The summed E-state index contributed by atoms with van der Waals surface area (Å²) in [5, 5.41) is 39.0. The van der Waals surface area contributed by atoms with Crippen molar-refractivity contribution in [1.29, 1.82) is 21.0 Å². The van der Waals surface area contributed by atoms with Crippen molar-refractivity contribution >= 4 is 39.2 Å². The van der Waals surface area contributed by atoms with Crippen molar-refractivity contribution in [2.24, 2.45) is 0 Å². The van der Waals surface area contributed by atoms with Crippen LogP contribution >= 0.6 is 0 Å². The topological polar surface area (TPSA) is 113 Å². The molecule has 0 saturated carbocycles. The fraction of sp³-hybridized carbons (Fsp3) is 0. The van der Waals surface area contributed by atoms with Crippen LogP contribution in [0.5, 0.6) is 0 Å². The molecule has 8 heteroatoms. The van der Waals surface area contributed by atoms with Crippen LogP contribution in [0.3, 0.4) is 0 Å². The van der Waals surface area contributed by atoms with E-state index in [-0.39, 0.29) is 22.7 Å². The maximum atomic E-state index is 10.1. The zero-order valence-corrected chi connectivity index (χ0v) is 21.4. The number of nitriles is 4. The molecule has 42 heavy (non-hydrogen) atoms. The highest BCUT2D eigenvalue weighted by atomic mass is 14.7. The summed E-state index contributed by atoms with van der Waals surface area (Å²) in [6.07, 6.45) is 0. The van der Waals surface area contributed by atoms with Gasteiger partial charge < -0.3 is 0 Å². The van der Waals surface area contributed by atoms with Gasteiger partial charge in [0, 0.05) is 5.57 Å². The summed E-state index contributed by atoms with van der Waals surface area (Å²) in [5.41, 5.74) is 4.93. The molecular formula is C34H10N8. The highest BCUT2D eigenvalue weighted by molar-refractivity contribution is 6.26. The monoisotopic (exact) mass is 530 g/mol. The number of benzene rings is 3. The van der Waals surface area contributed by atoms with Crippen LogP contribution in [0.25, 0.3) is 52.9 Å². The average molecular weight is 531 g/mol. The van der Waals surface area contributed by atoms with E-state index in [4.69, 9.17) is 26.3 Å². The van der Waals surface area contributed by atoms with Gasteiger partial charge in [0.2, 0.25) is 5.70 Å². The zero-order chi connectivity index (χ0) is 30.0. The molecular weight excluding hydrogens is 520 g/mol. The van der Waals surface area contributed by atoms with Crippen LogP contribution in [0.1, 0.15) is 38.9 Å². The van der Waals surface area contributed by atoms with Crippen LogP contribution < -0.4 is 0 Å². The van der Waals surface area contributed by atoms with Gasteiger partial charge in [-0.05, 0) is 68.3 Å². The first-order chi connectivity index (χ1) is 20.5. The number of fused-ring (bicyclic) bond motifs is 2. The van der Waals surface area contributed by atoms with Gasteiger partial charge in [-0.3, -0.25) is 0 Å². The molecule has 0 fully saturated rings. The molecule has 186 valence electrons. The summed E-state index contributed by atoms with van der Waals surface area (Å²) in [4.78, 5) is 13.9. The van der Waals surface area contributed by atoms with Crippen LogP contribution in [-0.2, 0) is 0 Å². The van der Waals surface area contributed by atoms with E-state index in [0.29, 0.717) is 66.9 Å². The second kappa shape index (κ2) is 10.4. The quantitative estimate of drug-likeness (QED) is 0.250. The van der Waals surface area contributed by atoms with E-state index in [2.05, 4.69) is 31.5 Å². The van der Waals surface area contributed by atoms with E-state index in [1.807, 2.05) is 12.1 Å². The smallest absolute Gasteiger partial charge is 0.238 e. The van der Waals surface area contributed by atoms with Crippen LogP contribution in [0.2, 0.25) is 0 Å². The largest absolute Gasteiger partial charge is 0.270 e. The number of rotatable bonds is 2. The van der Waals surface area contributed by atoms with Crippen molar-refractivity contribution in [3.63, 3.8) is 0 Å². The molecule has 2 aliphatic carbocycles. The molecule has 0 amide bonds. The van der Waals surface area contributed by atoms with Crippen LogP contribution in [0, 0.1) is 71.6 Å². The first-order valence-corrected chi connectivity index (χ1v) is 12.0. The van der Waals surface area contributed by atoms with Gasteiger partial charge in [-0.25, -0.2) is 29.9 Å². The lowest BCUT2D eigenvalue weighted by Crippen LogP contribution is -1.93. The van der Waals surface area contributed by atoms with Crippen molar-refractivity contribution in [3.8, 4) is 24.3 Å². The third-order valence-corrected chi connectivity index (χ3v) is 6.93. The molecule has 3 aromatic rings. The molecule has 8 nitrogen and oxygen atoms in total. The number of allylic oxidation sites excluding steroid dienone is 7. The Morgan fingerprint density at radius 3 is 1.67 bits per heavy atom. The normalized spacial score (nSPS) is 14.9. The number of hydrogen-bond donors (Lipinski definition) is 0. The van der Waals surface area contributed by atoms with Gasteiger partial charge in [0.25, 0.3) is 11.4 Å². The minimum Gasteiger partial charge on any atom is -0.238 e. The van der Waals surface area contributed by atoms with Gasteiger partial charge in [0.05, 0.1) is 55.6 Å². The molecule has 0 spiro atoms. The van der Waals surface area contributed by atoms with E-state index >= 15 is 0 Å². The molecule has 0 unspecified atom stereocenters. The molecule has 0 bridgehead atoms. The van der Waals surface area contributed by atoms with Gasteiger partial charge in [-0.15, -0.1) is 0 Å². The highest BCUT2D eigenvalue weighted by Crippen LogP contribution is 2.51. The van der Waals surface area contributed by atoms with Gasteiger partial charge in [0.1, 0.15) is 6.07 Å². The van der Waals surface area contributed by atoms with Crippen molar-refractivity contribution in [2.45, 2.75) is 0 Å². The molecule has 0 aliphatic heterocycles. The Kier molecular flexibility index (Phi) is 6.45. The number of hydrogen-bond acceptors (Lipinski definition) is 4. The summed E-state index contributed by atoms with van der Waals surface area (Å²) in [5.74, 6) is 0. The zero-order valence-electron chi connectivity index (χ0n) is 21.4. The Labute approximate surface area is 241 Å². The minimum absolute atomic E-state index is 0.193. The molecule has 0 heterocycles. The van der Waals surface area contributed by atoms with Gasteiger partial charge in [0.15, 0.2) is 5.69 Å².